The Bertz CT molecular complexity index is 781. The highest BCUT2D eigenvalue weighted by atomic mass is 14.1. The fraction of sp³-hybridized carbons (Fsp3) is 0.357. The summed E-state index contributed by atoms with van der Waals surface area (Å²) in [5, 5.41) is 0. The molecular formula is C28H32. The number of benzene rings is 3. The topological polar surface area (TPSA) is 0 Å². The summed E-state index contributed by atoms with van der Waals surface area (Å²) in [5.74, 6) is 0. The maximum atomic E-state index is 2.33. The summed E-state index contributed by atoms with van der Waals surface area (Å²) in [7, 11) is 0. The van der Waals surface area contributed by atoms with Crippen LogP contribution in [0.4, 0.5) is 0 Å². The highest BCUT2D eigenvalue weighted by Gasteiger charge is 2.07. The standard InChI is InChI=1S/C28H32/c1-2-4-6-8-12-24-17-21-26(22-18-24)28-14-10-9-13-27(28)25-19-15-23(16-20-25)11-7-5-3-1/h9-10,13-22H,1-8,11-12H2. The first-order chi connectivity index (χ1) is 13.9. The summed E-state index contributed by atoms with van der Waals surface area (Å²) in [6.07, 6.45) is 13.4. The van der Waals surface area contributed by atoms with E-state index in [1.807, 2.05) is 0 Å². The van der Waals surface area contributed by atoms with Crippen LogP contribution in [0.3, 0.4) is 0 Å². The zero-order chi connectivity index (χ0) is 19.0. The fourth-order valence-electron chi connectivity index (χ4n) is 4.41. The van der Waals surface area contributed by atoms with Gasteiger partial charge in [0.2, 0.25) is 0 Å². The molecule has 0 amide bonds. The average molecular weight is 369 g/mol. The van der Waals surface area contributed by atoms with Gasteiger partial charge in [-0.2, -0.15) is 0 Å². The van der Waals surface area contributed by atoms with Crippen LogP contribution in [0.15, 0.2) is 72.8 Å². The van der Waals surface area contributed by atoms with Crippen LogP contribution in [-0.4, -0.2) is 0 Å². The molecule has 0 nitrogen and oxygen atoms in total. The van der Waals surface area contributed by atoms with Crippen LogP contribution in [0.5, 0.6) is 0 Å². The summed E-state index contributed by atoms with van der Waals surface area (Å²) in [6.45, 7) is 0. The maximum absolute atomic E-state index is 2.33. The van der Waals surface area contributed by atoms with Crippen molar-refractivity contribution < 1.29 is 0 Å². The first kappa shape index (κ1) is 19.0. The van der Waals surface area contributed by atoms with Crippen molar-refractivity contribution in [1.82, 2.24) is 0 Å². The van der Waals surface area contributed by atoms with Gasteiger partial charge in [0.25, 0.3) is 0 Å². The van der Waals surface area contributed by atoms with Gasteiger partial charge >= 0.3 is 0 Å². The Morgan fingerprint density at radius 3 is 1.11 bits per heavy atom. The molecule has 0 atom stereocenters. The third kappa shape index (κ3) is 4.93. The molecule has 0 fully saturated rings. The van der Waals surface area contributed by atoms with Crippen molar-refractivity contribution in [2.45, 2.75) is 64.2 Å². The molecule has 28 heavy (non-hydrogen) atoms. The second-order valence-corrected chi connectivity index (χ2v) is 8.27. The maximum Gasteiger partial charge on any atom is -0.0105 e. The quantitative estimate of drug-likeness (QED) is 0.375. The van der Waals surface area contributed by atoms with Crippen molar-refractivity contribution in [2.75, 3.05) is 0 Å². The molecule has 0 radical (unpaired) electrons. The lowest BCUT2D eigenvalue weighted by Gasteiger charge is -2.12. The molecule has 0 unspecified atom stereocenters. The minimum Gasteiger partial charge on any atom is -0.0616 e. The molecular weight excluding hydrogens is 336 g/mol. The van der Waals surface area contributed by atoms with E-state index in [2.05, 4.69) is 72.8 Å². The van der Waals surface area contributed by atoms with Crippen molar-refractivity contribution in [3.8, 4) is 22.3 Å². The highest BCUT2D eigenvalue weighted by molar-refractivity contribution is 5.83. The third-order valence-electron chi connectivity index (χ3n) is 6.14. The van der Waals surface area contributed by atoms with E-state index in [-0.39, 0.29) is 0 Å². The van der Waals surface area contributed by atoms with Gasteiger partial charge in [0.15, 0.2) is 0 Å². The van der Waals surface area contributed by atoms with Gasteiger partial charge in [0, 0.05) is 0 Å². The molecule has 3 aliphatic carbocycles. The smallest absolute Gasteiger partial charge is 0.0105 e. The van der Waals surface area contributed by atoms with E-state index in [0.29, 0.717) is 0 Å². The summed E-state index contributed by atoms with van der Waals surface area (Å²) in [4.78, 5) is 0. The Morgan fingerprint density at radius 1 is 0.357 bits per heavy atom. The first-order valence-electron chi connectivity index (χ1n) is 11.2. The molecule has 0 heteroatoms. The van der Waals surface area contributed by atoms with Crippen LogP contribution in [-0.2, 0) is 12.8 Å². The van der Waals surface area contributed by atoms with E-state index in [9.17, 15) is 0 Å². The SMILES string of the molecule is c1ccc2c(c1)-c1ccc(cc1)CCCCCCCCCCc1ccc-2cc1. The second kappa shape index (κ2) is 9.73. The monoisotopic (exact) mass is 368 g/mol. The van der Waals surface area contributed by atoms with E-state index in [1.165, 1.54) is 97.6 Å². The van der Waals surface area contributed by atoms with E-state index in [4.69, 9.17) is 0 Å². The van der Waals surface area contributed by atoms with Crippen LogP contribution < -0.4 is 0 Å². The van der Waals surface area contributed by atoms with Crippen LogP contribution >= 0.6 is 0 Å². The van der Waals surface area contributed by atoms with Crippen LogP contribution in [0.2, 0.25) is 0 Å². The van der Waals surface area contributed by atoms with Gasteiger partial charge < -0.3 is 0 Å². The van der Waals surface area contributed by atoms with Gasteiger partial charge in [-0.25, -0.2) is 0 Å². The molecule has 0 saturated carbocycles. The minimum absolute atomic E-state index is 1.21. The van der Waals surface area contributed by atoms with Gasteiger partial charge in [-0.3, -0.25) is 0 Å². The largest absolute Gasteiger partial charge is 0.0616 e. The summed E-state index contributed by atoms with van der Waals surface area (Å²) in [6, 6.07) is 27.3. The van der Waals surface area contributed by atoms with E-state index < -0.39 is 0 Å². The van der Waals surface area contributed by atoms with E-state index in [0.717, 1.165) is 0 Å². The molecule has 0 N–H and O–H groups in total. The van der Waals surface area contributed by atoms with Gasteiger partial charge in [-0.15, -0.1) is 0 Å². The van der Waals surface area contributed by atoms with Crippen LogP contribution in [0.25, 0.3) is 22.3 Å². The molecule has 0 aliphatic heterocycles. The summed E-state index contributed by atoms with van der Waals surface area (Å²) in [5.41, 5.74) is 8.24. The van der Waals surface area contributed by atoms with Crippen molar-refractivity contribution >= 4 is 0 Å². The minimum atomic E-state index is 1.21. The molecule has 4 bridgehead atoms. The van der Waals surface area contributed by atoms with Crippen molar-refractivity contribution in [3.63, 3.8) is 0 Å². The molecule has 3 aromatic rings. The zero-order valence-corrected chi connectivity index (χ0v) is 17.0. The number of aryl methyl sites for hydroxylation is 2. The molecule has 0 spiro atoms. The zero-order valence-electron chi connectivity index (χ0n) is 17.0. The molecule has 6 rings (SSSR count). The summed E-state index contributed by atoms with van der Waals surface area (Å²) < 4.78 is 0. The van der Waals surface area contributed by atoms with Gasteiger partial charge in [-0.1, -0.05) is 111 Å². The second-order valence-electron chi connectivity index (χ2n) is 8.27. The fourth-order valence-corrected chi connectivity index (χ4v) is 4.41. The van der Waals surface area contributed by atoms with Crippen molar-refractivity contribution in [2.24, 2.45) is 0 Å². The lowest BCUT2D eigenvalue weighted by Crippen LogP contribution is -1.90. The molecule has 3 aromatic carbocycles. The van der Waals surface area contributed by atoms with Gasteiger partial charge in [0.05, 0.1) is 0 Å². The summed E-state index contributed by atoms with van der Waals surface area (Å²) >= 11 is 0. The van der Waals surface area contributed by atoms with Crippen LogP contribution in [0, 0.1) is 0 Å². The Morgan fingerprint density at radius 2 is 0.714 bits per heavy atom. The number of hydrogen-bond acceptors (Lipinski definition) is 0. The Labute approximate surface area is 170 Å². The molecule has 0 saturated heterocycles. The Hall–Kier alpha value is -2.34. The number of fused-ring (bicyclic) bond motifs is 2. The van der Waals surface area contributed by atoms with E-state index in [1.54, 1.807) is 0 Å². The van der Waals surface area contributed by atoms with Crippen molar-refractivity contribution in [1.29, 1.82) is 0 Å². The van der Waals surface area contributed by atoms with Gasteiger partial charge in [0.1, 0.15) is 0 Å². The highest BCUT2D eigenvalue weighted by Crippen LogP contribution is 2.32. The normalized spacial score (nSPS) is 15.9. The predicted molar refractivity (Wildman–Crippen MR) is 122 cm³/mol. The van der Waals surface area contributed by atoms with Crippen LogP contribution in [0.1, 0.15) is 62.5 Å². The number of rotatable bonds is 0. The number of hydrogen-bond donors (Lipinski definition) is 0. The average Bonchev–Trinajstić information content (AvgIpc) is 2.75. The van der Waals surface area contributed by atoms with E-state index >= 15 is 0 Å². The molecule has 0 heterocycles. The Balaban J connectivity index is 1.63. The Kier molecular flexibility index (Phi) is 6.60. The molecule has 3 aliphatic rings. The van der Waals surface area contributed by atoms with Gasteiger partial charge in [-0.05, 0) is 59.1 Å². The predicted octanol–water partition coefficient (Wildman–Crippen LogP) is 8.24. The lowest BCUT2D eigenvalue weighted by molar-refractivity contribution is 0.567. The van der Waals surface area contributed by atoms with Crippen molar-refractivity contribution in [3.05, 3.63) is 83.9 Å². The molecule has 0 aromatic heterocycles. The molecule has 144 valence electrons. The first-order valence-corrected chi connectivity index (χ1v) is 11.2. The third-order valence-corrected chi connectivity index (χ3v) is 6.14. The lowest BCUT2D eigenvalue weighted by atomic mass is 9.92.